The fraction of sp³-hybridized carbons (Fsp3) is 0.538. The molecule has 2 rings (SSSR count). The van der Waals surface area contributed by atoms with Crippen LogP contribution in [0.4, 0.5) is 5.82 Å². The van der Waals surface area contributed by atoms with Crippen molar-refractivity contribution in [1.82, 2.24) is 9.97 Å². The maximum absolute atomic E-state index is 6.00. The molecule has 0 aromatic carbocycles. The van der Waals surface area contributed by atoms with Crippen LogP contribution in [0.25, 0.3) is 10.2 Å². The average Bonchev–Trinajstić information content (AvgIpc) is 2.71. The molecule has 2 aromatic heterocycles. The van der Waals surface area contributed by atoms with Crippen molar-refractivity contribution in [3.8, 4) is 0 Å². The third kappa shape index (κ3) is 3.35. The molecule has 0 aliphatic carbocycles. The van der Waals surface area contributed by atoms with Gasteiger partial charge in [0.15, 0.2) is 0 Å². The first-order chi connectivity index (χ1) is 8.95. The molecule has 0 saturated heterocycles. The lowest BCUT2D eigenvalue weighted by Crippen LogP contribution is -2.36. The third-order valence-corrected chi connectivity index (χ3v) is 4.07. The lowest BCUT2D eigenvalue weighted by atomic mass is 10.1. The summed E-state index contributed by atoms with van der Waals surface area (Å²) in [6.45, 7) is 6.83. The lowest BCUT2D eigenvalue weighted by Gasteiger charge is -2.26. The van der Waals surface area contributed by atoms with Gasteiger partial charge in [-0.3, -0.25) is 0 Å². The van der Waals surface area contributed by atoms with E-state index >= 15 is 0 Å². The maximum atomic E-state index is 6.00. The van der Waals surface area contributed by atoms with E-state index < -0.39 is 0 Å². The topological polar surface area (TPSA) is 47.0 Å². The summed E-state index contributed by atoms with van der Waals surface area (Å²) in [5.41, 5.74) is -0.215. The molecule has 0 atom stereocenters. The molecule has 2 heterocycles. The molecule has 19 heavy (non-hydrogen) atoms. The number of aromatic nitrogens is 2. The summed E-state index contributed by atoms with van der Waals surface area (Å²) in [4.78, 5) is 10.8. The van der Waals surface area contributed by atoms with E-state index in [1.54, 1.807) is 18.4 Å². The van der Waals surface area contributed by atoms with Crippen molar-refractivity contribution in [2.24, 2.45) is 0 Å². The highest BCUT2D eigenvalue weighted by Crippen LogP contribution is 2.31. The van der Waals surface area contributed by atoms with Crippen LogP contribution in [-0.4, -0.2) is 29.2 Å². The summed E-state index contributed by atoms with van der Waals surface area (Å²) >= 11 is 7.65. The number of rotatable bonds is 5. The fourth-order valence-electron chi connectivity index (χ4n) is 1.93. The highest BCUT2D eigenvalue weighted by Gasteiger charge is 2.20. The van der Waals surface area contributed by atoms with Gasteiger partial charge in [-0.1, -0.05) is 6.92 Å². The summed E-state index contributed by atoms with van der Waals surface area (Å²) in [5, 5.41) is 4.68. The Hall–Kier alpha value is -0.910. The minimum atomic E-state index is -0.215. The van der Waals surface area contributed by atoms with E-state index in [2.05, 4.69) is 42.1 Å². The number of halogens is 1. The van der Waals surface area contributed by atoms with Crippen LogP contribution < -0.4 is 5.32 Å². The summed E-state index contributed by atoms with van der Waals surface area (Å²) in [6, 6.07) is 2.13. The van der Waals surface area contributed by atoms with Crippen LogP contribution >= 0.6 is 22.9 Å². The zero-order valence-electron chi connectivity index (χ0n) is 11.6. The van der Waals surface area contributed by atoms with Crippen LogP contribution in [0.15, 0.2) is 6.07 Å². The van der Waals surface area contributed by atoms with Crippen LogP contribution in [0, 0.1) is 0 Å². The number of nitrogens with one attached hydrogen (secondary N) is 1. The molecule has 0 amide bonds. The zero-order valence-corrected chi connectivity index (χ0v) is 13.2. The first-order valence-corrected chi connectivity index (χ1v) is 7.37. The molecule has 4 nitrogen and oxygen atoms in total. The van der Waals surface area contributed by atoms with Crippen molar-refractivity contribution in [2.45, 2.75) is 32.7 Å². The predicted molar refractivity (Wildman–Crippen MR) is 81.4 cm³/mol. The molecule has 0 bridgehead atoms. The number of nitrogens with zero attached hydrogens (tertiary/aromatic N) is 2. The molecule has 0 spiro atoms. The Morgan fingerprint density at radius 2 is 2.16 bits per heavy atom. The van der Waals surface area contributed by atoms with Crippen molar-refractivity contribution in [3.05, 3.63) is 16.2 Å². The van der Waals surface area contributed by atoms with Crippen LogP contribution in [0.1, 0.15) is 25.6 Å². The van der Waals surface area contributed by atoms with E-state index in [4.69, 9.17) is 16.3 Å². The summed E-state index contributed by atoms with van der Waals surface area (Å²) in [6.07, 6.45) is 0.986. The van der Waals surface area contributed by atoms with Gasteiger partial charge in [0.1, 0.15) is 10.6 Å². The van der Waals surface area contributed by atoms with Crippen LogP contribution in [0.5, 0.6) is 0 Å². The number of anilines is 1. The number of ether oxygens (including phenoxy) is 1. The van der Waals surface area contributed by atoms with E-state index in [0.29, 0.717) is 6.61 Å². The van der Waals surface area contributed by atoms with Crippen molar-refractivity contribution in [3.63, 3.8) is 0 Å². The Labute approximate surface area is 122 Å². The van der Waals surface area contributed by atoms with Gasteiger partial charge in [-0.25, -0.2) is 9.97 Å². The second-order valence-corrected chi connectivity index (χ2v) is 6.52. The molecule has 1 N–H and O–H groups in total. The standard InChI is InChI=1S/C13H18ClN3OS/c1-5-8-6-9-10(17-13(2,3)7-18-4)15-12(14)16-11(9)19-8/h6H,5,7H2,1-4H3,(H,15,16,17). The molecule has 0 saturated carbocycles. The smallest absolute Gasteiger partial charge is 0.225 e. The Morgan fingerprint density at radius 3 is 2.79 bits per heavy atom. The number of thiophene rings is 1. The summed E-state index contributed by atoms with van der Waals surface area (Å²) in [5.74, 6) is 0.771. The van der Waals surface area contributed by atoms with Gasteiger partial charge in [0.2, 0.25) is 5.28 Å². The van der Waals surface area contributed by atoms with E-state index in [1.165, 1.54) is 4.88 Å². The Kier molecular flexibility index (Phi) is 4.28. The summed E-state index contributed by atoms with van der Waals surface area (Å²) < 4.78 is 5.21. The monoisotopic (exact) mass is 299 g/mol. The first kappa shape index (κ1) is 14.5. The van der Waals surface area contributed by atoms with Crippen molar-refractivity contribution >= 4 is 39.0 Å². The number of hydrogen-bond acceptors (Lipinski definition) is 5. The molecule has 2 aromatic rings. The van der Waals surface area contributed by atoms with Gasteiger partial charge < -0.3 is 10.1 Å². The molecular formula is C13H18ClN3OS. The van der Waals surface area contributed by atoms with Gasteiger partial charge in [0, 0.05) is 12.0 Å². The van der Waals surface area contributed by atoms with E-state index in [1.807, 2.05) is 0 Å². The fourth-order valence-corrected chi connectivity index (χ4v) is 3.12. The SMILES string of the molecule is CCc1cc2c(NC(C)(C)COC)nc(Cl)nc2s1. The number of fused-ring (bicyclic) bond motifs is 1. The van der Waals surface area contributed by atoms with Gasteiger partial charge >= 0.3 is 0 Å². The van der Waals surface area contributed by atoms with E-state index in [0.717, 1.165) is 22.5 Å². The van der Waals surface area contributed by atoms with E-state index in [9.17, 15) is 0 Å². The highest BCUT2D eigenvalue weighted by molar-refractivity contribution is 7.18. The van der Waals surface area contributed by atoms with Gasteiger partial charge in [-0.15, -0.1) is 11.3 Å². The largest absolute Gasteiger partial charge is 0.382 e. The van der Waals surface area contributed by atoms with Gasteiger partial charge in [-0.05, 0) is 37.9 Å². The molecule has 0 fully saturated rings. The molecule has 0 unspecified atom stereocenters. The average molecular weight is 300 g/mol. The second-order valence-electron chi connectivity index (χ2n) is 5.07. The molecular weight excluding hydrogens is 282 g/mol. The van der Waals surface area contributed by atoms with Crippen LogP contribution in [0.2, 0.25) is 5.28 Å². The van der Waals surface area contributed by atoms with Crippen molar-refractivity contribution in [2.75, 3.05) is 19.0 Å². The molecule has 0 aliphatic heterocycles. The third-order valence-electron chi connectivity index (χ3n) is 2.73. The Bertz CT molecular complexity index is 583. The number of methoxy groups -OCH3 is 1. The Morgan fingerprint density at radius 1 is 1.42 bits per heavy atom. The van der Waals surface area contributed by atoms with Crippen LogP contribution in [-0.2, 0) is 11.2 Å². The number of aryl methyl sites for hydroxylation is 1. The maximum Gasteiger partial charge on any atom is 0.225 e. The predicted octanol–water partition coefficient (Wildman–Crippen LogP) is 3.74. The zero-order chi connectivity index (χ0) is 14.0. The van der Waals surface area contributed by atoms with Gasteiger partial charge in [0.25, 0.3) is 0 Å². The lowest BCUT2D eigenvalue weighted by molar-refractivity contribution is 0.158. The van der Waals surface area contributed by atoms with Gasteiger partial charge in [0.05, 0.1) is 17.5 Å². The minimum Gasteiger partial charge on any atom is -0.382 e. The Balaban J connectivity index is 2.44. The molecule has 104 valence electrons. The summed E-state index contributed by atoms with van der Waals surface area (Å²) in [7, 11) is 1.69. The molecule has 6 heteroatoms. The van der Waals surface area contributed by atoms with Crippen molar-refractivity contribution < 1.29 is 4.74 Å². The van der Waals surface area contributed by atoms with E-state index in [-0.39, 0.29) is 10.8 Å². The van der Waals surface area contributed by atoms with Gasteiger partial charge in [-0.2, -0.15) is 0 Å². The quantitative estimate of drug-likeness (QED) is 0.854. The molecule has 0 radical (unpaired) electrons. The van der Waals surface area contributed by atoms with Crippen LogP contribution in [0.3, 0.4) is 0 Å². The molecule has 0 aliphatic rings. The second kappa shape index (κ2) is 5.61. The highest BCUT2D eigenvalue weighted by atomic mass is 35.5. The number of hydrogen-bond donors (Lipinski definition) is 1. The normalized spacial score (nSPS) is 12.1. The minimum absolute atomic E-state index is 0.215. The first-order valence-electron chi connectivity index (χ1n) is 6.18. The van der Waals surface area contributed by atoms with Crippen molar-refractivity contribution in [1.29, 1.82) is 0 Å².